The Morgan fingerprint density at radius 1 is 0.792 bits per heavy atom. The molecule has 4 N–H and O–H groups in total. The molecule has 2 heterocycles. The molecule has 2 saturated heterocycles. The van der Waals surface area contributed by atoms with Crippen LogP contribution >= 0.6 is 18.8 Å². The van der Waals surface area contributed by atoms with Crippen LogP contribution in [0.15, 0.2) is 24.3 Å². The van der Waals surface area contributed by atoms with Crippen LogP contribution in [0.2, 0.25) is 0 Å². The fourth-order valence-electron chi connectivity index (χ4n) is 3.97. The van der Waals surface area contributed by atoms with Gasteiger partial charge in [-0.25, -0.2) is 0 Å². The minimum Gasteiger partial charge on any atom is -0.367 e. The third-order valence-electron chi connectivity index (χ3n) is 5.33. The number of nitrogens with zero attached hydrogens (tertiary/aromatic N) is 2. The van der Waals surface area contributed by atoms with Crippen molar-refractivity contribution in [2.75, 3.05) is 0 Å². The summed E-state index contributed by atoms with van der Waals surface area (Å²) in [6.07, 6.45) is 0.576. The summed E-state index contributed by atoms with van der Waals surface area (Å²) in [4.78, 5) is 0. The first-order valence-corrected chi connectivity index (χ1v) is 9.31. The molecule has 2 fully saturated rings. The van der Waals surface area contributed by atoms with Gasteiger partial charge in [0.15, 0.2) is 12.6 Å². The van der Waals surface area contributed by atoms with Crippen molar-refractivity contribution in [1.82, 2.24) is 9.34 Å². The number of aliphatic hydroxyl groups is 4. The van der Waals surface area contributed by atoms with Crippen molar-refractivity contribution < 1.29 is 20.4 Å². The summed E-state index contributed by atoms with van der Waals surface area (Å²) in [5.41, 5.74) is 2.30. The molecule has 3 rings (SSSR count). The van der Waals surface area contributed by atoms with Crippen LogP contribution in [-0.4, -0.2) is 54.4 Å². The van der Waals surface area contributed by atoms with E-state index in [-0.39, 0.29) is 24.2 Å². The van der Waals surface area contributed by atoms with Gasteiger partial charge in [0.2, 0.25) is 0 Å². The summed E-state index contributed by atoms with van der Waals surface area (Å²) < 4.78 is 3.91. The third-order valence-corrected chi connectivity index (χ3v) is 6.81. The second-order valence-corrected chi connectivity index (χ2v) is 7.91. The molecule has 0 bridgehead atoms. The lowest BCUT2D eigenvalue weighted by Crippen LogP contribution is -2.34. The molecule has 6 nitrogen and oxygen atoms in total. The van der Waals surface area contributed by atoms with Crippen molar-refractivity contribution in [3.63, 3.8) is 0 Å². The molecular weight excluding hydrogens is 346 g/mol. The Morgan fingerprint density at radius 2 is 1.21 bits per heavy atom. The van der Waals surface area contributed by atoms with Gasteiger partial charge in [-0.15, -0.1) is 0 Å². The average Bonchev–Trinajstić information content (AvgIpc) is 3.10. The molecule has 0 aliphatic carbocycles. The monoisotopic (exact) mass is 372 g/mol. The van der Waals surface area contributed by atoms with Gasteiger partial charge in [-0.1, -0.05) is 43.0 Å². The molecule has 6 atom stereocenters. The van der Waals surface area contributed by atoms with E-state index in [2.05, 4.69) is 37.0 Å². The second kappa shape index (κ2) is 7.61. The first-order valence-electron chi connectivity index (χ1n) is 8.28. The van der Waals surface area contributed by atoms with E-state index in [1.807, 2.05) is 15.4 Å². The van der Waals surface area contributed by atoms with Gasteiger partial charge >= 0.3 is 0 Å². The molecule has 1 aromatic rings. The van der Waals surface area contributed by atoms with Gasteiger partial charge < -0.3 is 20.4 Å². The minimum atomic E-state index is -1.33. The molecule has 2 unspecified atom stereocenters. The highest BCUT2D eigenvalue weighted by atomic mass is 31.0. The van der Waals surface area contributed by atoms with Crippen LogP contribution in [0.3, 0.4) is 0 Å². The molecule has 8 heteroatoms. The van der Waals surface area contributed by atoms with Crippen molar-refractivity contribution in [1.29, 1.82) is 0 Å². The second-order valence-electron chi connectivity index (χ2n) is 6.71. The van der Waals surface area contributed by atoms with E-state index < -0.39 is 12.6 Å². The fraction of sp³-hybridized carbons (Fsp3) is 0.625. The van der Waals surface area contributed by atoms with Gasteiger partial charge in [0, 0.05) is 12.1 Å². The van der Waals surface area contributed by atoms with E-state index >= 15 is 0 Å². The standard InChI is InChI=1S/C16H26N2O4P2/c19-15(20)13-6-4-11(17(13)23)9-2-1-3-10(8-9)12-5-7-14(16(21)22)18(12)24/h1-3,8,11-16,19-22H,4-7,23-24H2/t11-,12-,13+,14+/m1/s1. The number of hydrogen-bond donors (Lipinski definition) is 4. The van der Waals surface area contributed by atoms with Crippen LogP contribution in [0, 0.1) is 0 Å². The minimum absolute atomic E-state index is 0.139. The van der Waals surface area contributed by atoms with Crippen LogP contribution in [-0.2, 0) is 0 Å². The molecule has 0 saturated carbocycles. The fourth-order valence-corrected chi connectivity index (χ4v) is 5.22. The SMILES string of the molecule is OC(O)[C@@H]1CC[C@H](c2cccc([C@H]3CC[C@@H](C(O)O)N3P)c2)N1P. The highest BCUT2D eigenvalue weighted by Gasteiger charge is 2.37. The first kappa shape index (κ1) is 18.6. The Kier molecular flexibility index (Phi) is 5.90. The predicted octanol–water partition coefficient (Wildman–Crippen LogP) is 0.899. The zero-order chi connectivity index (χ0) is 17.4. The Labute approximate surface area is 147 Å². The Bertz CT molecular complexity index is 530. The van der Waals surface area contributed by atoms with Crippen LogP contribution in [0.1, 0.15) is 48.9 Å². The first-order chi connectivity index (χ1) is 11.4. The lowest BCUT2D eigenvalue weighted by Gasteiger charge is -2.29. The third kappa shape index (κ3) is 3.53. The summed E-state index contributed by atoms with van der Waals surface area (Å²) in [6, 6.07) is 8.06. The lowest BCUT2D eigenvalue weighted by atomic mass is 9.98. The van der Waals surface area contributed by atoms with Gasteiger partial charge in [0.1, 0.15) is 0 Å². The van der Waals surface area contributed by atoms with E-state index in [1.165, 1.54) is 0 Å². The molecule has 0 aromatic heterocycles. The van der Waals surface area contributed by atoms with Gasteiger partial charge in [-0.2, -0.15) is 0 Å². The predicted molar refractivity (Wildman–Crippen MR) is 97.5 cm³/mol. The number of rotatable bonds is 4. The summed E-state index contributed by atoms with van der Waals surface area (Å²) in [6.45, 7) is 0. The number of benzene rings is 1. The van der Waals surface area contributed by atoms with Crippen molar-refractivity contribution >= 4 is 18.8 Å². The van der Waals surface area contributed by atoms with Crippen molar-refractivity contribution in [3.05, 3.63) is 35.4 Å². The lowest BCUT2D eigenvalue weighted by molar-refractivity contribution is -0.0785. The molecule has 0 radical (unpaired) electrons. The highest BCUT2D eigenvalue weighted by Crippen LogP contribution is 2.43. The summed E-state index contributed by atoms with van der Waals surface area (Å²) in [5, 5.41) is 37.9. The smallest absolute Gasteiger partial charge is 0.167 e. The Hall–Kier alpha value is -0.160. The molecule has 134 valence electrons. The molecule has 24 heavy (non-hydrogen) atoms. The number of hydrogen-bond acceptors (Lipinski definition) is 6. The van der Waals surface area contributed by atoms with Crippen LogP contribution in [0.4, 0.5) is 0 Å². The summed E-state index contributed by atoms with van der Waals surface area (Å²) >= 11 is 0. The topological polar surface area (TPSA) is 87.4 Å². The van der Waals surface area contributed by atoms with E-state index in [9.17, 15) is 20.4 Å². The van der Waals surface area contributed by atoms with Gasteiger partial charge in [-0.3, -0.25) is 9.34 Å². The Balaban J connectivity index is 1.78. The molecule has 2 aliphatic heterocycles. The van der Waals surface area contributed by atoms with Crippen LogP contribution in [0.25, 0.3) is 0 Å². The summed E-state index contributed by atoms with van der Waals surface area (Å²) in [5.74, 6) is 0. The van der Waals surface area contributed by atoms with Crippen molar-refractivity contribution in [2.24, 2.45) is 0 Å². The average molecular weight is 372 g/mol. The maximum Gasteiger partial charge on any atom is 0.167 e. The van der Waals surface area contributed by atoms with Gasteiger partial charge in [0.05, 0.1) is 12.1 Å². The van der Waals surface area contributed by atoms with Crippen molar-refractivity contribution in [3.8, 4) is 0 Å². The molecule has 0 spiro atoms. The quantitative estimate of drug-likeness (QED) is 0.464. The normalized spacial score (nSPS) is 32.3. The van der Waals surface area contributed by atoms with E-state index in [4.69, 9.17) is 0 Å². The highest BCUT2D eigenvalue weighted by molar-refractivity contribution is 7.13. The molecule has 0 amide bonds. The maximum absolute atomic E-state index is 9.47. The Morgan fingerprint density at radius 3 is 1.54 bits per heavy atom. The van der Waals surface area contributed by atoms with Crippen LogP contribution < -0.4 is 0 Å². The summed E-state index contributed by atoms with van der Waals surface area (Å²) in [7, 11) is 5.25. The molecule has 1 aromatic carbocycles. The van der Waals surface area contributed by atoms with Gasteiger partial charge in [0.25, 0.3) is 0 Å². The largest absolute Gasteiger partial charge is 0.367 e. The zero-order valence-corrected chi connectivity index (χ0v) is 15.7. The van der Waals surface area contributed by atoms with E-state index in [0.29, 0.717) is 0 Å². The van der Waals surface area contributed by atoms with E-state index in [1.54, 1.807) is 0 Å². The van der Waals surface area contributed by atoms with Crippen molar-refractivity contribution in [2.45, 2.75) is 62.4 Å². The maximum atomic E-state index is 9.47. The van der Waals surface area contributed by atoms with Crippen LogP contribution in [0.5, 0.6) is 0 Å². The number of aliphatic hydroxyl groups excluding tert-OH is 2. The molecular formula is C16H26N2O4P2. The zero-order valence-electron chi connectivity index (χ0n) is 13.4. The van der Waals surface area contributed by atoms with Gasteiger partial charge in [-0.05, 0) is 36.8 Å². The van der Waals surface area contributed by atoms with E-state index in [0.717, 1.165) is 36.8 Å². The molecule has 2 aliphatic rings.